The summed E-state index contributed by atoms with van der Waals surface area (Å²) < 4.78 is 5.72. The number of carbonyl (C=O) groups is 2. The van der Waals surface area contributed by atoms with Gasteiger partial charge in [-0.3, -0.25) is 4.79 Å². The third kappa shape index (κ3) is 5.32. The first kappa shape index (κ1) is 24.8. The fourth-order valence-corrected chi connectivity index (χ4v) is 5.39. The number of allylic oxidation sites excluding steroid dienone is 3. The Morgan fingerprint density at radius 1 is 0.973 bits per heavy atom. The van der Waals surface area contributed by atoms with Crippen molar-refractivity contribution in [3.8, 4) is 5.75 Å². The average Bonchev–Trinajstić information content (AvgIpc) is 2.89. The standard InChI is InChI=1S/C31H28ClNO4/c1-19-28(31(36)37-16-15-20-5-3-2-4-6-20)29(22-9-13-25(34)14-10-22)30-26(33-19)17-23(18-27(30)35)21-7-11-24(32)12-8-21/h2-14,23,29,33-34H,15-18H2,1H3/t23-,29-/m1/s1. The van der Waals surface area contributed by atoms with Crippen molar-refractivity contribution in [3.05, 3.63) is 123 Å². The van der Waals surface area contributed by atoms with Gasteiger partial charge in [0.05, 0.1) is 12.2 Å². The Bertz CT molecular complexity index is 1370. The van der Waals surface area contributed by atoms with Crippen molar-refractivity contribution in [3.63, 3.8) is 0 Å². The quantitative estimate of drug-likeness (QED) is 0.384. The summed E-state index contributed by atoms with van der Waals surface area (Å²) in [5.41, 5.74) is 5.42. The number of nitrogens with one attached hydrogen (secondary N) is 1. The van der Waals surface area contributed by atoms with Crippen molar-refractivity contribution < 1.29 is 19.4 Å². The third-order valence-corrected chi connectivity index (χ3v) is 7.33. The van der Waals surface area contributed by atoms with E-state index in [0.717, 1.165) is 22.4 Å². The number of halogens is 1. The van der Waals surface area contributed by atoms with Gasteiger partial charge in [0.1, 0.15) is 5.75 Å². The topological polar surface area (TPSA) is 75.6 Å². The summed E-state index contributed by atoms with van der Waals surface area (Å²) in [5, 5.41) is 13.9. The summed E-state index contributed by atoms with van der Waals surface area (Å²) in [6.07, 6.45) is 1.59. The molecule has 2 atom stereocenters. The van der Waals surface area contributed by atoms with Gasteiger partial charge in [0, 0.05) is 40.7 Å². The SMILES string of the molecule is CC1=C(C(=O)OCCc2ccccc2)[C@@H](c2ccc(O)cc2)C2=C(C[C@@H](c3ccc(Cl)cc3)CC2=O)N1. The number of rotatable bonds is 6. The van der Waals surface area contributed by atoms with Crippen LogP contribution in [0.2, 0.25) is 5.02 Å². The van der Waals surface area contributed by atoms with Gasteiger partial charge in [0.25, 0.3) is 0 Å². The molecule has 0 radical (unpaired) electrons. The van der Waals surface area contributed by atoms with E-state index in [1.165, 1.54) is 0 Å². The summed E-state index contributed by atoms with van der Waals surface area (Å²) >= 11 is 6.07. The number of hydrogen-bond donors (Lipinski definition) is 2. The summed E-state index contributed by atoms with van der Waals surface area (Å²) in [6, 6.07) is 24.1. The second-order valence-electron chi connectivity index (χ2n) is 9.53. The van der Waals surface area contributed by atoms with Crippen LogP contribution in [-0.2, 0) is 20.7 Å². The molecular weight excluding hydrogens is 486 g/mol. The predicted molar refractivity (Wildman–Crippen MR) is 143 cm³/mol. The molecule has 5 rings (SSSR count). The second kappa shape index (κ2) is 10.7. The van der Waals surface area contributed by atoms with Gasteiger partial charge in [-0.2, -0.15) is 0 Å². The molecule has 1 aliphatic heterocycles. The van der Waals surface area contributed by atoms with Crippen molar-refractivity contribution >= 4 is 23.4 Å². The van der Waals surface area contributed by atoms with Gasteiger partial charge in [0.15, 0.2) is 5.78 Å². The highest BCUT2D eigenvalue weighted by molar-refractivity contribution is 6.30. The zero-order valence-electron chi connectivity index (χ0n) is 20.5. The predicted octanol–water partition coefficient (Wildman–Crippen LogP) is 6.19. The molecule has 0 spiro atoms. The molecule has 0 saturated heterocycles. The second-order valence-corrected chi connectivity index (χ2v) is 9.97. The monoisotopic (exact) mass is 513 g/mol. The number of phenolic OH excluding ortho intramolecular Hbond substituents is 1. The minimum atomic E-state index is -0.570. The number of carbonyl (C=O) groups excluding carboxylic acids is 2. The Hall–Kier alpha value is -3.83. The average molecular weight is 514 g/mol. The maximum atomic E-state index is 13.7. The van der Waals surface area contributed by atoms with E-state index in [-0.39, 0.29) is 24.1 Å². The highest BCUT2D eigenvalue weighted by Gasteiger charge is 2.41. The molecule has 188 valence electrons. The maximum absolute atomic E-state index is 13.7. The fraction of sp³-hybridized carbons (Fsp3) is 0.226. The molecule has 3 aromatic rings. The van der Waals surface area contributed by atoms with Gasteiger partial charge in [-0.05, 0) is 60.2 Å². The lowest BCUT2D eigenvalue weighted by Gasteiger charge is -2.36. The van der Waals surface area contributed by atoms with Gasteiger partial charge < -0.3 is 15.2 Å². The number of ether oxygens (including phenoxy) is 1. The Morgan fingerprint density at radius 3 is 2.35 bits per heavy atom. The number of Topliss-reactive ketones (excluding diaryl/α,β-unsaturated/α-hetero) is 1. The van der Waals surface area contributed by atoms with Crippen LogP contribution >= 0.6 is 11.6 Å². The van der Waals surface area contributed by atoms with Crippen LogP contribution in [0.25, 0.3) is 0 Å². The number of phenols is 1. The number of esters is 1. The summed E-state index contributed by atoms with van der Waals surface area (Å²) in [4.78, 5) is 27.1. The van der Waals surface area contributed by atoms with Crippen molar-refractivity contribution in [2.24, 2.45) is 0 Å². The fourth-order valence-electron chi connectivity index (χ4n) is 5.26. The van der Waals surface area contributed by atoms with Gasteiger partial charge in [-0.15, -0.1) is 0 Å². The Labute approximate surface area is 221 Å². The molecule has 2 aliphatic rings. The lowest BCUT2D eigenvalue weighted by molar-refractivity contribution is -0.139. The number of hydrogen-bond acceptors (Lipinski definition) is 5. The van der Waals surface area contributed by atoms with E-state index in [0.29, 0.717) is 41.1 Å². The molecule has 1 aliphatic carbocycles. The zero-order chi connectivity index (χ0) is 25.9. The molecule has 1 heterocycles. The van der Waals surface area contributed by atoms with Crippen LogP contribution < -0.4 is 5.32 Å². The number of aromatic hydroxyl groups is 1. The van der Waals surface area contributed by atoms with Crippen LogP contribution in [0.4, 0.5) is 0 Å². The Kier molecular flexibility index (Phi) is 7.15. The molecule has 0 aromatic heterocycles. The van der Waals surface area contributed by atoms with Crippen LogP contribution in [0.5, 0.6) is 5.75 Å². The van der Waals surface area contributed by atoms with E-state index in [4.69, 9.17) is 16.3 Å². The lowest BCUT2D eigenvalue weighted by atomic mass is 9.72. The Balaban J connectivity index is 1.45. The van der Waals surface area contributed by atoms with Crippen LogP contribution in [0.3, 0.4) is 0 Å². The van der Waals surface area contributed by atoms with E-state index in [9.17, 15) is 14.7 Å². The first-order valence-electron chi connectivity index (χ1n) is 12.4. The number of dihydropyridines is 1. The van der Waals surface area contributed by atoms with E-state index in [2.05, 4.69) is 5.32 Å². The van der Waals surface area contributed by atoms with Crippen molar-refractivity contribution in [1.29, 1.82) is 0 Å². The van der Waals surface area contributed by atoms with Crippen molar-refractivity contribution in [1.82, 2.24) is 5.32 Å². The molecule has 2 N–H and O–H groups in total. The lowest BCUT2D eigenvalue weighted by Crippen LogP contribution is -2.36. The van der Waals surface area contributed by atoms with Gasteiger partial charge >= 0.3 is 5.97 Å². The maximum Gasteiger partial charge on any atom is 0.336 e. The zero-order valence-corrected chi connectivity index (χ0v) is 21.3. The molecule has 0 saturated carbocycles. The van der Waals surface area contributed by atoms with Gasteiger partial charge in [0.2, 0.25) is 0 Å². The highest BCUT2D eigenvalue weighted by atomic mass is 35.5. The van der Waals surface area contributed by atoms with Crippen LogP contribution in [0, 0.1) is 0 Å². The molecule has 0 unspecified atom stereocenters. The molecule has 3 aromatic carbocycles. The first-order chi connectivity index (χ1) is 17.9. The van der Waals surface area contributed by atoms with E-state index in [1.54, 1.807) is 24.3 Å². The number of ketones is 1. The first-order valence-corrected chi connectivity index (χ1v) is 12.8. The third-order valence-electron chi connectivity index (χ3n) is 7.08. The minimum Gasteiger partial charge on any atom is -0.508 e. The van der Waals surface area contributed by atoms with Crippen LogP contribution in [0.1, 0.15) is 48.3 Å². The van der Waals surface area contributed by atoms with E-state index >= 15 is 0 Å². The normalized spacial score (nSPS) is 19.4. The van der Waals surface area contributed by atoms with Crippen molar-refractivity contribution in [2.45, 2.75) is 38.0 Å². The Morgan fingerprint density at radius 2 is 1.65 bits per heavy atom. The largest absolute Gasteiger partial charge is 0.508 e. The molecule has 37 heavy (non-hydrogen) atoms. The molecular formula is C31H28ClNO4. The molecule has 0 amide bonds. The summed E-state index contributed by atoms with van der Waals surface area (Å²) in [5.74, 6) is -0.882. The molecule has 6 heteroatoms. The molecule has 0 fully saturated rings. The van der Waals surface area contributed by atoms with Crippen LogP contribution in [0.15, 0.2) is 101 Å². The number of benzene rings is 3. The minimum absolute atomic E-state index is 0.00568. The summed E-state index contributed by atoms with van der Waals surface area (Å²) in [6.45, 7) is 2.09. The van der Waals surface area contributed by atoms with E-state index in [1.807, 2.05) is 61.5 Å². The molecule has 5 nitrogen and oxygen atoms in total. The van der Waals surface area contributed by atoms with Gasteiger partial charge in [-0.1, -0.05) is 66.2 Å². The summed E-state index contributed by atoms with van der Waals surface area (Å²) in [7, 11) is 0. The molecule has 0 bridgehead atoms. The smallest absolute Gasteiger partial charge is 0.336 e. The van der Waals surface area contributed by atoms with Crippen LogP contribution in [-0.4, -0.2) is 23.5 Å². The van der Waals surface area contributed by atoms with Crippen molar-refractivity contribution in [2.75, 3.05) is 6.61 Å². The van der Waals surface area contributed by atoms with Gasteiger partial charge in [-0.25, -0.2) is 4.79 Å². The highest BCUT2D eigenvalue weighted by Crippen LogP contribution is 2.46. The van der Waals surface area contributed by atoms with E-state index < -0.39 is 11.9 Å².